The van der Waals surface area contributed by atoms with Gasteiger partial charge in [0.1, 0.15) is 18.0 Å². The van der Waals surface area contributed by atoms with E-state index < -0.39 is 0 Å². The Morgan fingerprint density at radius 2 is 2.39 bits per heavy atom. The molecule has 0 aromatic carbocycles. The number of aromatic nitrogens is 2. The number of rotatable bonds is 4. The van der Waals surface area contributed by atoms with E-state index in [2.05, 4.69) is 27.5 Å². The van der Waals surface area contributed by atoms with E-state index in [1.165, 1.54) is 6.33 Å². The first-order chi connectivity index (χ1) is 8.70. The Kier molecular flexibility index (Phi) is 3.96. The van der Waals surface area contributed by atoms with Crippen LogP contribution in [0.4, 0.5) is 11.6 Å². The highest BCUT2D eigenvalue weighted by atomic mass is 16.1. The fourth-order valence-corrected chi connectivity index (χ4v) is 2.10. The fraction of sp³-hybridized carbons (Fsp3) is 0.583. The third kappa shape index (κ3) is 2.88. The van der Waals surface area contributed by atoms with Gasteiger partial charge in [0, 0.05) is 24.6 Å². The van der Waals surface area contributed by atoms with Gasteiger partial charge in [0.25, 0.3) is 0 Å². The van der Waals surface area contributed by atoms with E-state index in [4.69, 9.17) is 5.73 Å². The number of carbonyl (C=O) groups excluding carboxylic acids is 1. The molecule has 98 valence electrons. The average molecular weight is 249 g/mol. The molecule has 0 radical (unpaired) electrons. The van der Waals surface area contributed by atoms with Gasteiger partial charge in [-0.1, -0.05) is 13.3 Å². The normalized spacial score (nSPS) is 19.4. The summed E-state index contributed by atoms with van der Waals surface area (Å²) in [5.41, 5.74) is 6.84. The summed E-state index contributed by atoms with van der Waals surface area (Å²) in [5, 5.41) is 6.19. The van der Waals surface area contributed by atoms with Crippen LogP contribution in [-0.2, 0) is 11.2 Å². The fourth-order valence-electron chi connectivity index (χ4n) is 2.10. The number of hydrogen-bond donors (Lipinski definition) is 3. The molecule has 2 rings (SSSR count). The molecule has 0 bridgehead atoms. The van der Waals surface area contributed by atoms with Crippen LogP contribution in [0.2, 0.25) is 0 Å². The van der Waals surface area contributed by atoms with Gasteiger partial charge in [-0.05, 0) is 12.8 Å². The van der Waals surface area contributed by atoms with E-state index in [0.29, 0.717) is 18.8 Å². The van der Waals surface area contributed by atoms with Crippen LogP contribution in [0.3, 0.4) is 0 Å². The van der Waals surface area contributed by atoms with Gasteiger partial charge in [-0.25, -0.2) is 9.97 Å². The monoisotopic (exact) mass is 249 g/mol. The number of amides is 1. The summed E-state index contributed by atoms with van der Waals surface area (Å²) in [5.74, 6) is 1.45. The highest BCUT2D eigenvalue weighted by Gasteiger charge is 2.19. The molecule has 6 heteroatoms. The molecule has 1 fully saturated rings. The predicted molar refractivity (Wildman–Crippen MR) is 70.1 cm³/mol. The number of nitrogen functional groups attached to an aromatic ring is 1. The van der Waals surface area contributed by atoms with E-state index in [9.17, 15) is 4.79 Å². The van der Waals surface area contributed by atoms with Crippen molar-refractivity contribution in [3.63, 3.8) is 0 Å². The third-order valence-corrected chi connectivity index (χ3v) is 3.09. The van der Waals surface area contributed by atoms with Gasteiger partial charge >= 0.3 is 0 Å². The second-order valence-corrected chi connectivity index (χ2v) is 4.52. The minimum absolute atomic E-state index is 0.115. The first kappa shape index (κ1) is 12.6. The van der Waals surface area contributed by atoms with E-state index in [0.717, 1.165) is 30.6 Å². The molecule has 1 aliphatic rings. The van der Waals surface area contributed by atoms with Crippen LogP contribution in [0.25, 0.3) is 0 Å². The number of nitrogens with one attached hydrogen (secondary N) is 2. The lowest BCUT2D eigenvalue weighted by molar-refractivity contribution is -0.122. The van der Waals surface area contributed by atoms with Crippen LogP contribution >= 0.6 is 0 Å². The molecule has 1 aromatic rings. The Labute approximate surface area is 106 Å². The lowest BCUT2D eigenvalue weighted by atomic mass is 10.1. The quantitative estimate of drug-likeness (QED) is 0.730. The summed E-state index contributed by atoms with van der Waals surface area (Å²) < 4.78 is 0. The molecule has 1 unspecified atom stereocenters. The van der Waals surface area contributed by atoms with Crippen molar-refractivity contribution >= 4 is 17.5 Å². The topological polar surface area (TPSA) is 92.9 Å². The zero-order chi connectivity index (χ0) is 13.0. The van der Waals surface area contributed by atoms with Crippen molar-refractivity contribution in [2.24, 2.45) is 0 Å². The second kappa shape index (κ2) is 5.66. The second-order valence-electron chi connectivity index (χ2n) is 4.52. The summed E-state index contributed by atoms with van der Waals surface area (Å²) in [6, 6.07) is 0.215. The first-order valence-electron chi connectivity index (χ1n) is 6.33. The zero-order valence-corrected chi connectivity index (χ0v) is 10.6. The zero-order valence-electron chi connectivity index (χ0n) is 10.6. The summed E-state index contributed by atoms with van der Waals surface area (Å²) in [6.07, 6.45) is 4.70. The van der Waals surface area contributed by atoms with Gasteiger partial charge in [0.15, 0.2) is 0 Å². The summed E-state index contributed by atoms with van der Waals surface area (Å²) in [4.78, 5) is 19.4. The van der Waals surface area contributed by atoms with Gasteiger partial charge < -0.3 is 16.4 Å². The van der Waals surface area contributed by atoms with Crippen LogP contribution in [0, 0.1) is 0 Å². The maximum Gasteiger partial charge on any atom is 0.220 e. The molecule has 1 amide bonds. The summed E-state index contributed by atoms with van der Waals surface area (Å²) in [7, 11) is 0. The Morgan fingerprint density at radius 3 is 3.06 bits per heavy atom. The molecule has 6 nitrogen and oxygen atoms in total. The average Bonchev–Trinajstić information content (AvgIpc) is 2.36. The largest absolute Gasteiger partial charge is 0.383 e. The van der Waals surface area contributed by atoms with E-state index >= 15 is 0 Å². The number of nitrogens with zero attached hydrogens (tertiary/aromatic N) is 2. The van der Waals surface area contributed by atoms with Gasteiger partial charge in [-0.15, -0.1) is 0 Å². The minimum Gasteiger partial charge on any atom is -0.383 e. The highest BCUT2D eigenvalue weighted by molar-refractivity contribution is 5.77. The number of hydrogen-bond acceptors (Lipinski definition) is 5. The standard InChI is InChI=1S/C12H19N5O/c1-2-3-9-11(13)15-7-16-12(9)17-8-4-5-10(18)14-6-8/h7-8H,2-6H2,1H3,(H,14,18)(H3,13,15,16,17). The third-order valence-electron chi connectivity index (χ3n) is 3.09. The molecular weight excluding hydrogens is 230 g/mol. The summed E-state index contributed by atoms with van der Waals surface area (Å²) >= 11 is 0. The molecule has 0 spiro atoms. The SMILES string of the molecule is CCCc1c(N)ncnc1NC1CCC(=O)NC1. The van der Waals surface area contributed by atoms with E-state index in [-0.39, 0.29) is 11.9 Å². The molecule has 1 aromatic heterocycles. The molecule has 1 saturated heterocycles. The van der Waals surface area contributed by atoms with Crippen LogP contribution in [-0.4, -0.2) is 28.5 Å². The molecule has 18 heavy (non-hydrogen) atoms. The van der Waals surface area contributed by atoms with Crippen molar-refractivity contribution in [1.29, 1.82) is 0 Å². The van der Waals surface area contributed by atoms with Crippen LogP contribution in [0.15, 0.2) is 6.33 Å². The van der Waals surface area contributed by atoms with Gasteiger partial charge in [0.2, 0.25) is 5.91 Å². The number of piperidine rings is 1. The number of anilines is 2. The van der Waals surface area contributed by atoms with Crippen molar-refractivity contribution in [2.75, 3.05) is 17.6 Å². The summed E-state index contributed by atoms with van der Waals surface area (Å²) in [6.45, 7) is 2.73. The molecular formula is C12H19N5O. The van der Waals surface area contributed by atoms with Crippen LogP contribution < -0.4 is 16.4 Å². The Hall–Kier alpha value is -1.85. The van der Waals surface area contributed by atoms with Crippen molar-refractivity contribution < 1.29 is 4.79 Å². The van der Waals surface area contributed by atoms with Gasteiger partial charge in [-0.3, -0.25) is 4.79 Å². The number of nitrogens with two attached hydrogens (primary N) is 1. The molecule has 1 aliphatic heterocycles. The van der Waals surface area contributed by atoms with Crippen LogP contribution in [0.1, 0.15) is 31.7 Å². The smallest absolute Gasteiger partial charge is 0.220 e. The van der Waals surface area contributed by atoms with Gasteiger partial charge in [0.05, 0.1) is 0 Å². The van der Waals surface area contributed by atoms with Gasteiger partial charge in [-0.2, -0.15) is 0 Å². The van der Waals surface area contributed by atoms with Crippen molar-refractivity contribution in [3.8, 4) is 0 Å². The van der Waals surface area contributed by atoms with Crippen LogP contribution in [0.5, 0.6) is 0 Å². The lowest BCUT2D eigenvalue weighted by Gasteiger charge is -2.25. The molecule has 4 N–H and O–H groups in total. The number of carbonyl (C=O) groups is 1. The minimum atomic E-state index is 0.115. The maximum absolute atomic E-state index is 11.1. The predicted octanol–water partition coefficient (Wildman–Crippen LogP) is 0.702. The molecule has 0 saturated carbocycles. The molecule has 1 atom stereocenters. The Morgan fingerprint density at radius 1 is 1.56 bits per heavy atom. The molecule has 0 aliphatic carbocycles. The first-order valence-corrected chi connectivity index (χ1v) is 6.33. The van der Waals surface area contributed by atoms with E-state index in [1.54, 1.807) is 0 Å². The highest BCUT2D eigenvalue weighted by Crippen LogP contribution is 2.21. The Balaban J connectivity index is 2.08. The van der Waals surface area contributed by atoms with E-state index in [1.807, 2.05) is 0 Å². The van der Waals surface area contributed by atoms with Crippen molar-refractivity contribution in [2.45, 2.75) is 38.6 Å². The van der Waals surface area contributed by atoms with Crippen molar-refractivity contribution in [3.05, 3.63) is 11.9 Å². The van der Waals surface area contributed by atoms with Crippen molar-refractivity contribution in [1.82, 2.24) is 15.3 Å². The Bertz CT molecular complexity index is 424. The maximum atomic E-state index is 11.1. The lowest BCUT2D eigenvalue weighted by Crippen LogP contribution is -2.42. The molecule has 2 heterocycles.